The first-order valence-electron chi connectivity index (χ1n) is 10.0. The summed E-state index contributed by atoms with van der Waals surface area (Å²) in [5.41, 5.74) is 4.03. The molecule has 29 heavy (non-hydrogen) atoms. The van der Waals surface area contributed by atoms with Crippen LogP contribution in [-0.4, -0.2) is 48.5 Å². The van der Waals surface area contributed by atoms with E-state index in [0.717, 1.165) is 56.1 Å². The van der Waals surface area contributed by atoms with Crippen molar-refractivity contribution < 1.29 is 9.21 Å². The summed E-state index contributed by atoms with van der Waals surface area (Å²) in [4.78, 5) is 21.5. The molecule has 0 bridgehead atoms. The molecular weight excluding hydrogens is 364 g/mol. The summed E-state index contributed by atoms with van der Waals surface area (Å²) in [6, 6.07) is 13.9. The van der Waals surface area contributed by atoms with Gasteiger partial charge in [-0.05, 0) is 49.2 Å². The highest BCUT2D eigenvalue weighted by atomic mass is 16.3. The average Bonchev–Trinajstić information content (AvgIpc) is 3.20. The van der Waals surface area contributed by atoms with Crippen LogP contribution >= 0.6 is 0 Å². The van der Waals surface area contributed by atoms with Gasteiger partial charge in [-0.3, -0.25) is 14.7 Å². The quantitative estimate of drug-likeness (QED) is 0.697. The van der Waals surface area contributed by atoms with Gasteiger partial charge >= 0.3 is 0 Å². The van der Waals surface area contributed by atoms with Gasteiger partial charge in [-0.1, -0.05) is 12.1 Å². The molecule has 0 unspecified atom stereocenters. The SMILES string of the molecule is Cc1ccoc1C(=O)Nc1ccccc1N1CCN(CCc2ccncc2)CC1. The fourth-order valence-electron chi connectivity index (χ4n) is 3.69. The molecule has 6 heteroatoms. The van der Waals surface area contributed by atoms with Crippen LogP contribution in [0.3, 0.4) is 0 Å². The first-order chi connectivity index (χ1) is 14.2. The van der Waals surface area contributed by atoms with Crippen LogP contribution in [0, 0.1) is 6.92 Å². The number of rotatable bonds is 6. The van der Waals surface area contributed by atoms with Crippen LogP contribution < -0.4 is 10.2 Å². The maximum absolute atomic E-state index is 12.6. The Labute approximate surface area is 171 Å². The predicted octanol–water partition coefficient (Wildman–Crippen LogP) is 3.60. The van der Waals surface area contributed by atoms with Gasteiger partial charge in [0.1, 0.15) is 0 Å². The third-order valence-corrected chi connectivity index (χ3v) is 5.40. The van der Waals surface area contributed by atoms with Crippen LogP contribution in [0.15, 0.2) is 65.5 Å². The number of hydrogen-bond donors (Lipinski definition) is 1. The summed E-state index contributed by atoms with van der Waals surface area (Å²) >= 11 is 0. The van der Waals surface area contributed by atoms with E-state index in [1.54, 1.807) is 12.3 Å². The number of pyridine rings is 1. The number of nitrogens with one attached hydrogen (secondary N) is 1. The lowest BCUT2D eigenvalue weighted by Crippen LogP contribution is -2.47. The van der Waals surface area contributed by atoms with Gasteiger partial charge < -0.3 is 14.6 Å². The second-order valence-corrected chi connectivity index (χ2v) is 7.34. The number of benzene rings is 1. The number of para-hydroxylation sites is 2. The molecule has 6 nitrogen and oxygen atoms in total. The minimum absolute atomic E-state index is 0.212. The maximum Gasteiger partial charge on any atom is 0.291 e. The molecule has 1 fully saturated rings. The van der Waals surface area contributed by atoms with Crippen molar-refractivity contribution in [3.05, 3.63) is 78.0 Å². The molecule has 1 N–H and O–H groups in total. The monoisotopic (exact) mass is 390 g/mol. The minimum atomic E-state index is -0.212. The number of piperazine rings is 1. The van der Waals surface area contributed by atoms with E-state index in [-0.39, 0.29) is 5.91 Å². The molecule has 3 heterocycles. The van der Waals surface area contributed by atoms with E-state index in [1.165, 1.54) is 5.56 Å². The molecule has 3 aromatic rings. The molecule has 0 atom stereocenters. The van der Waals surface area contributed by atoms with Crippen LogP contribution in [0.1, 0.15) is 21.7 Å². The summed E-state index contributed by atoms with van der Waals surface area (Å²) in [6.07, 6.45) is 6.28. The Kier molecular flexibility index (Phi) is 5.91. The van der Waals surface area contributed by atoms with E-state index in [0.29, 0.717) is 5.76 Å². The third-order valence-electron chi connectivity index (χ3n) is 5.40. The van der Waals surface area contributed by atoms with Gasteiger partial charge in [0, 0.05) is 50.7 Å². The van der Waals surface area contributed by atoms with Gasteiger partial charge in [-0.25, -0.2) is 0 Å². The average molecular weight is 390 g/mol. The van der Waals surface area contributed by atoms with Gasteiger partial charge in [-0.2, -0.15) is 0 Å². The van der Waals surface area contributed by atoms with Crippen molar-refractivity contribution in [3.8, 4) is 0 Å². The van der Waals surface area contributed by atoms with Crippen molar-refractivity contribution in [3.63, 3.8) is 0 Å². The number of amides is 1. The van der Waals surface area contributed by atoms with Gasteiger partial charge in [0.15, 0.2) is 5.76 Å². The van der Waals surface area contributed by atoms with Crippen molar-refractivity contribution in [1.82, 2.24) is 9.88 Å². The summed E-state index contributed by atoms with van der Waals surface area (Å²) in [5, 5.41) is 3.02. The van der Waals surface area contributed by atoms with Crippen LogP contribution in [-0.2, 0) is 6.42 Å². The first-order valence-corrected chi connectivity index (χ1v) is 10.0. The van der Waals surface area contributed by atoms with Crippen LogP contribution in [0.2, 0.25) is 0 Å². The Morgan fingerprint density at radius 2 is 1.83 bits per heavy atom. The molecule has 1 amide bonds. The first kappa shape index (κ1) is 19.2. The zero-order valence-corrected chi connectivity index (χ0v) is 16.7. The summed E-state index contributed by atoms with van der Waals surface area (Å²) < 4.78 is 5.32. The predicted molar refractivity (Wildman–Crippen MR) is 114 cm³/mol. The van der Waals surface area contributed by atoms with E-state index >= 15 is 0 Å². The number of furan rings is 1. The Morgan fingerprint density at radius 1 is 1.07 bits per heavy atom. The summed E-state index contributed by atoms with van der Waals surface area (Å²) in [5.74, 6) is 0.150. The molecule has 150 valence electrons. The second kappa shape index (κ2) is 8.92. The molecule has 1 saturated heterocycles. The van der Waals surface area contributed by atoms with Crippen LogP contribution in [0.4, 0.5) is 11.4 Å². The van der Waals surface area contributed by atoms with Crippen molar-refractivity contribution in [2.75, 3.05) is 42.9 Å². The van der Waals surface area contributed by atoms with Gasteiger partial charge in [-0.15, -0.1) is 0 Å². The Morgan fingerprint density at radius 3 is 2.55 bits per heavy atom. The lowest BCUT2D eigenvalue weighted by Gasteiger charge is -2.37. The van der Waals surface area contributed by atoms with Crippen molar-refractivity contribution >= 4 is 17.3 Å². The molecule has 1 aliphatic rings. The number of carbonyl (C=O) groups is 1. The van der Waals surface area contributed by atoms with Crippen molar-refractivity contribution in [2.45, 2.75) is 13.3 Å². The number of carbonyl (C=O) groups excluding carboxylic acids is 1. The number of aromatic nitrogens is 1. The molecule has 4 rings (SSSR count). The van der Waals surface area contributed by atoms with E-state index in [2.05, 4.69) is 38.3 Å². The molecule has 0 radical (unpaired) electrons. The molecular formula is C23H26N4O2. The standard InChI is InChI=1S/C23H26N4O2/c1-18-9-17-29-22(18)23(28)25-20-4-2-3-5-21(20)27-15-13-26(14-16-27)12-8-19-6-10-24-11-7-19/h2-7,9-11,17H,8,12-16H2,1H3,(H,25,28). The lowest BCUT2D eigenvalue weighted by molar-refractivity contribution is 0.0996. The third kappa shape index (κ3) is 4.66. The van der Waals surface area contributed by atoms with Crippen molar-refractivity contribution in [2.24, 2.45) is 0 Å². The van der Waals surface area contributed by atoms with E-state index < -0.39 is 0 Å². The highest BCUT2D eigenvalue weighted by Crippen LogP contribution is 2.27. The Hall–Kier alpha value is -3.12. The largest absolute Gasteiger partial charge is 0.459 e. The number of hydrogen-bond acceptors (Lipinski definition) is 5. The number of anilines is 2. The van der Waals surface area contributed by atoms with E-state index in [4.69, 9.17) is 4.42 Å². The molecule has 0 aliphatic carbocycles. The Bertz CT molecular complexity index is 946. The fraction of sp³-hybridized carbons (Fsp3) is 0.304. The fourth-order valence-corrected chi connectivity index (χ4v) is 3.69. The maximum atomic E-state index is 12.6. The second-order valence-electron chi connectivity index (χ2n) is 7.34. The van der Waals surface area contributed by atoms with Gasteiger partial charge in [0.25, 0.3) is 5.91 Å². The molecule has 1 aliphatic heterocycles. The highest BCUT2D eigenvalue weighted by Gasteiger charge is 2.21. The summed E-state index contributed by atoms with van der Waals surface area (Å²) in [7, 11) is 0. The van der Waals surface area contributed by atoms with Crippen molar-refractivity contribution in [1.29, 1.82) is 0 Å². The zero-order valence-electron chi connectivity index (χ0n) is 16.7. The minimum Gasteiger partial charge on any atom is -0.459 e. The highest BCUT2D eigenvalue weighted by molar-refractivity contribution is 6.05. The van der Waals surface area contributed by atoms with Gasteiger partial charge in [0.05, 0.1) is 17.6 Å². The lowest BCUT2D eigenvalue weighted by atomic mass is 10.1. The molecule has 0 spiro atoms. The zero-order chi connectivity index (χ0) is 20.1. The Balaban J connectivity index is 1.36. The van der Waals surface area contributed by atoms with E-state index in [9.17, 15) is 4.79 Å². The van der Waals surface area contributed by atoms with Gasteiger partial charge in [0.2, 0.25) is 0 Å². The molecule has 1 aromatic carbocycles. The smallest absolute Gasteiger partial charge is 0.291 e. The van der Waals surface area contributed by atoms with E-state index in [1.807, 2.05) is 37.5 Å². The molecule has 2 aromatic heterocycles. The molecule has 0 saturated carbocycles. The topological polar surface area (TPSA) is 61.6 Å². The summed E-state index contributed by atoms with van der Waals surface area (Å²) in [6.45, 7) is 6.80. The number of aryl methyl sites for hydroxylation is 1. The van der Waals surface area contributed by atoms with Crippen LogP contribution in [0.5, 0.6) is 0 Å². The normalized spacial score (nSPS) is 14.7. The van der Waals surface area contributed by atoms with Crippen LogP contribution in [0.25, 0.3) is 0 Å². The number of nitrogens with zero attached hydrogens (tertiary/aromatic N) is 3.